The molecule has 0 spiro atoms. The van der Waals surface area contributed by atoms with Crippen LogP contribution in [0.5, 0.6) is 0 Å². The maximum atomic E-state index is 13.0. The molecule has 0 radical (unpaired) electrons. The Morgan fingerprint density at radius 2 is 1.82 bits per heavy atom. The van der Waals surface area contributed by atoms with Crippen LogP contribution >= 0.6 is 0 Å². The molecule has 22 heavy (non-hydrogen) atoms. The molecule has 1 saturated heterocycles. The number of nitrogens with zero attached hydrogens (tertiary/aromatic N) is 2. The first-order chi connectivity index (χ1) is 10.5. The molecule has 1 heterocycles. The summed E-state index contributed by atoms with van der Waals surface area (Å²) in [7, 11) is 0. The van der Waals surface area contributed by atoms with Gasteiger partial charge in [0.1, 0.15) is 5.82 Å². The average molecular weight is 309 g/mol. The van der Waals surface area contributed by atoms with Crippen molar-refractivity contribution in [1.82, 2.24) is 10.2 Å². The summed E-state index contributed by atoms with van der Waals surface area (Å²) in [5, 5.41) is 11.8. The molecule has 1 aliphatic heterocycles. The standard InChI is InChI=1S/C16H24FN3O2/c1-12(11-21)18-16(22)13(2)19-7-9-20(10-8-19)15-5-3-14(17)4-6-15/h3-6,12-13,21H,7-11H2,1-2H3,(H,18,22). The molecular weight excluding hydrogens is 285 g/mol. The van der Waals surface area contributed by atoms with Gasteiger partial charge in [0.15, 0.2) is 0 Å². The Labute approximate surface area is 130 Å². The van der Waals surface area contributed by atoms with Crippen molar-refractivity contribution >= 4 is 11.6 Å². The molecule has 2 atom stereocenters. The molecule has 1 aromatic rings. The third kappa shape index (κ3) is 4.18. The fraction of sp³-hybridized carbons (Fsp3) is 0.562. The van der Waals surface area contributed by atoms with Gasteiger partial charge in [-0.2, -0.15) is 0 Å². The summed E-state index contributed by atoms with van der Waals surface area (Å²) in [4.78, 5) is 16.4. The second-order valence-corrected chi connectivity index (χ2v) is 5.77. The van der Waals surface area contributed by atoms with Crippen LogP contribution in [-0.2, 0) is 4.79 Å². The van der Waals surface area contributed by atoms with Crippen molar-refractivity contribution in [3.05, 3.63) is 30.1 Å². The highest BCUT2D eigenvalue weighted by Gasteiger charge is 2.26. The van der Waals surface area contributed by atoms with Crippen molar-refractivity contribution in [2.45, 2.75) is 25.9 Å². The van der Waals surface area contributed by atoms with Gasteiger partial charge in [-0.05, 0) is 38.1 Å². The molecule has 6 heteroatoms. The summed E-state index contributed by atoms with van der Waals surface area (Å²) >= 11 is 0. The number of nitrogens with one attached hydrogen (secondary N) is 1. The van der Waals surface area contributed by atoms with E-state index < -0.39 is 0 Å². The molecule has 1 fully saturated rings. The van der Waals surface area contributed by atoms with Gasteiger partial charge in [-0.25, -0.2) is 4.39 Å². The first-order valence-corrected chi connectivity index (χ1v) is 7.67. The summed E-state index contributed by atoms with van der Waals surface area (Å²) in [5.74, 6) is -0.289. The Morgan fingerprint density at radius 3 is 2.36 bits per heavy atom. The summed E-state index contributed by atoms with van der Waals surface area (Å²) in [6.07, 6.45) is 0. The number of carbonyl (C=O) groups excluding carboxylic acids is 1. The maximum absolute atomic E-state index is 13.0. The van der Waals surface area contributed by atoms with Crippen LogP contribution in [0.15, 0.2) is 24.3 Å². The largest absolute Gasteiger partial charge is 0.394 e. The quantitative estimate of drug-likeness (QED) is 0.846. The van der Waals surface area contributed by atoms with Gasteiger partial charge >= 0.3 is 0 Å². The monoisotopic (exact) mass is 309 g/mol. The highest BCUT2D eigenvalue weighted by Crippen LogP contribution is 2.17. The molecule has 2 rings (SSSR count). The van der Waals surface area contributed by atoms with Gasteiger partial charge in [-0.3, -0.25) is 9.69 Å². The minimum Gasteiger partial charge on any atom is -0.394 e. The lowest BCUT2D eigenvalue weighted by Crippen LogP contribution is -2.55. The first-order valence-electron chi connectivity index (χ1n) is 7.67. The fourth-order valence-corrected chi connectivity index (χ4v) is 2.59. The summed E-state index contributed by atoms with van der Waals surface area (Å²) < 4.78 is 13.0. The van der Waals surface area contributed by atoms with Gasteiger partial charge in [-0.1, -0.05) is 0 Å². The van der Waals surface area contributed by atoms with Crippen molar-refractivity contribution in [2.24, 2.45) is 0 Å². The SMILES string of the molecule is CC(CO)NC(=O)C(C)N1CCN(c2ccc(F)cc2)CC1. The van der Waals surface area contributed by atoms with Crippen LogP contribution in [0.3, 0.4) is 0 Å². The Kier molecular flexibility index (Phi) is 5.74. The minimum absolute atomic E-state index is 0.0585. The third-order valence-corrected chi connectivity index (χ3v) is 4.10. The molecule has 2 unspecified atom stereocenters. The molecule has 1 aliphatic rings. The normalized spacial score (nSPS) is 18.8. The predicted octanol–water partition coefficient (Wildman–Crippen LogP) is 0.833. The van der Waals surface area contributed by atoms with Crippen LogP contribution in [0, 0.1) is 5.82 Å². The number of aliphatic hydroxyl groups is 1. The minimum atomic E-state index is -0.231. The molecule has 1 aromatic carbocycles. The third-order valence-electron chi connectivity index (χ3n) is 4.10. The first kappa shape index (κ1) is 16.7. The van der Waals surface area contributed by atoms with E-state index >= 15 is 0 Å². The van der Waals surface area contributed by atoms with Crippen molar-refractivity contribution in [3.63, 3.8) is 0 Å². The molecular formula is C16H24FN3O2. The molecule has 122 valence electrons. The number of anilines is 1. The van der Waals surface area contributed by atoms with E-state index in [0.717, 1.165) is 31.9 Å². The van der Waals surface area contributed by atoms with Gasteiger partial charge < -0.3 is 15.3 Å². The number of aliphatic hydroxyl groups excluding tert-OH is 1. The van der Waals surface area contributed by atoms with E-state index in [1.165, 1.54) is 12.1 Å². The number of piperazine rings is 1. The fourth-order valence-electron chi connectivity index (χ4n) is 2.59. The van der Waals surface area contributed by atoms with Crippen LogP contribution in [-0.4, -0.2) is 60.8 Å². The molecule has 0 aromatic heterocycles. The highest BCUT2D eigenvalue weighted by molar-refractivity contribution is 5.81. The van der Waals surface area contributed by atoms with Gasteiger partial charge in [0.05, 0.1) is 12.6 Å². The second kappa shape index (κ2) is 7.56. The number of halogens is 1. The van der Waals surface area contributed by atoms with E-state index in [4.69, 9.17) is 5.11 Å². The van der Waals surface area contributed by atoms with Gasteiger partial charge in [0.2, 0.25) is 5.91 Å². The van der Waals surface area contributed by atoms with E-state index in [-0.39, 0.29) is 30.4 Å². The van der Waals surface area contributed by atoms with Crippen molar-refractivity contribution < 1.29 is 14.3 Å². The lowest BCUT2D eigenvalue weighted by molar-refractivity contribution is -0.126. The average Bonchev–Trinajstić information content (AvgIpc) is 2.55. The Hall–Kier alpha value is -1.66. The molecule has 2 N–H and O–H groups in total. The molecule has 5 nitrogen and oxygen atoms in total. The van der Waals surface area contributed by atoms with Crippen LogP contribution < -0.4 is 10.2 Å². The van der Waals surface area contributed by atoms with E-state index in [9.17, 15) is 9.18 Å². The van der Waals surface area contributed by atoms with Gasteiger partial charge in [0.25, 0.3) is 0 Å². The lowest BCUT2D eigenvalue weighted by Gasteiger charge is -2.38. The Balaban J connectivity index is 1.86. The van der Waals surface area contributed by atoms with E-state index in [2.05, 4.69) is 15.1 Å². The van der Waals surface area contributed by atoms with Crippen LogP contribution in [0.25, 0.3) is 0 Å². The number of hydrogen-bond donors (Lipinski definition) is 2. The lowest BCUT2D eigenvalue weighted by atomic mass is 10.2. The van der Waals surface area contributed by atoms with Gasteiger partial charge in [0, 0.05) is 37.9 Å². The number of carbonyl (C=O) groups is 1. The zero-order chi connectivity index (χ0) is 16.1. The molecule has 0 bridgehead atoms. The van der Waals surface area contributed by atoms with Crippen molar-refractivity contribution in [3.8, 4) is 0 Å². The summed E-state index contributed by atoms with van der Waals surface area (Å²) in [5.41, 5.74) is 1.01. The maximum Gasteiger partial charge on any atom is 0.237 e. The predicted molar refractivity (Wildman–Crippen MR) is 84.3 cm³/mol. The summed E-state index contributed by atoms with van der Waals surface area (Å²) in [6.45, 7) is 6.76. The highest BCUT2D eigenvalue weighted by atomic mass is 19.1. The van der Waals surface area contributed by atoms with Crippen molar-refractivity contribution in [2.75, 3.05) is 37.7 Å². The number of amides is 1. The molecule has 0 aliphatic carbocycles. The van der Waals surface area contributed by atoms with E-state index in [1.807, 2.05) is 6.92 Å². The van der Waals surface area contributed by atoms with Crippen molar-refractivity contribution in [1.29, 1.82) is 0 Å². The van der Waals surface area contributed by atoms with E-state index in [1.54, 1.807) is 19.1 Å². The Morgan fingerprint density at radius 1 is 1.23 bits per heavy atom. The van der Waals surface area contributed by atoms with Crippen LogP contribution in [0.1, 0.15) is 13.8 Å². The smallest absolute Gasteiger partial charge is 0.237 e. The van der Waals surface area contributed by atoms with E-state index in [0.29, 0.717) is 0 Å². The van der Waals surface area contributed by atoms with Gasteiger partial charge in [-0.15, -0.1) is 0 Å². The zero-order valence-electron chi connectivity index (χ0n) is 13.1. The summed E-state index contributed by atoms with van der Waals surface area (Å²) in [6, 6.07) is 6.05. The number of rotatable bonds is 5. The zero-order valence-corrected chi connectivity index (χ0v) is 13.1. The second-order valence-electron chi connectivity index (χ2n) is 5.77. The number of benzene rings is 1. The van der Waals surface area contributed by atoms with Crippen LogP contribution in [0.4, 0.5) is 10.1 Å². The van der Waals surface area contributed by atoms with Crippen LogP contribution in [0.2, 0.25) is 0 Å². The topological polar surface area (TPSA) is 55.8 Å². The number of hydrogen-bond acceptors (Lipinski definition) is 4. The molecule has 0 saturated carbocycles. The Bertz CT molecular complexity index is 487. The molecule has 1 amide bonds.